The minimum absolute atomic E-state index is 0.0253. The maximum Gasteiger partial charge on any atom is 0.303 e. The van der Waals surface area contributed by atoms with E-state index in [0.29, 0.717) is 4.47 Å². The molecule has 2 N–H and O–H groups in total. The van der Waals surface area contributed by atoms with Gasteiger partial charge in [0.05, 0.1) is 5.02 Å². The Balaban J connectivity index is 2.71. The zero-order chi connectivity index (χ0) is 13.8. The molecule has 1 aromatic carbocycles. The van der Waals surface area contributed by atoms with E-state index < -0.39 is 16.0 Å². The monoisotopic (exact) mass is 355 g/mol. The molecule has 0 spiro atoms. The molecular weight excluding hydrogens is 346 g/mol. The zero-order valence-corrected chi connectivity index (χ0v) is 12.3. The van der Waals surface area contributed by atoms with Gasteiger partial charge in [0.2, 0.25) is 10.0 Å². The number of hydrogen-bond acceptors (Lipinski definition) is 3. The predicted molar refractivity (Wildman–Crippen MR) is 71.2 cm³/mol. The first-order valence-electron chi connectivity index (χ1n) is 4.99. The zero-order valence-electron chi connectivity index (χ0n) is 9.19. The van der Waals surface area contributed by atoms with Crippen LogP contribution in [-0.2, 0) is 14.8 Å². The maximum atomic E-state index is 11.9. The van der Waals surface area contributed by atoms with Crippen LogP contribution in [0, 0.1) is 0 Å². The Kier molecular flexibility index (Phi) is 5.58. The molecule has 0 radical (unpaired) electrons. The SMILES string of the molecule is O=C(O)CCCNS(=O)(=O)c1ccc(Br)cc1Cl. The Morgan fingerprint density at radius 3 is 2.67 bits per heavy atom. The summed E-state index contributed by atoms with van der Waals surface area (Å²) >= 11 is 9.01. The van der Waals surface area contributed by atoms with Crippen LogP contribution < -0.4 is 4.72 Å². The van der Waals surface area contributed by atoms with Crippen molar-refractivity contribution in [3.05, 3.63) is 27.7 Å². The van der Waals surface area contributed by atoms with Gasteiger partial charge in [0.25, 0.3) is 0 Å². The molecule has 0 amide bonds. The second-order valence-corrected chi connectivity index (χ2v) is 6.53. The quantitative estimate of drug-likeness (QED) is 0.766. The van der Waals surface area contributed by atoms with Gasteiger partial charge in [-0.25, -0.2) is 13.1 Å². The number of benzene rings is 1. The third-order valence-corrected chi connectivity index (χ3v) is 4.48. The minimum Gasteiger partial charge on any atom is -0.481 e. The highest BCUT2D eigenvalue weighted by atomic mass is 79.9. The van der Waals surface area contributed by atoms with Crippen LogP contribution in [0.2, 0.25) is 5.02 Å². The fourth-order valence-corrected chi connectivity index (χ4v) is 3.33. The summed E-state index contributed by atoms with van der Waals surface area (Å²) in [6.45, 7) is 0.0566. The third-order valence-electron chi connectivity index (χ3n) is 2.04. The molecule has 1 aromatic rings. The van der Waals surface area contributed by atoms with Crippen molar-refractivity contribution in [2.75, 3.05) is 6.54 Å². The number of nitrogens with one attached hydrogen (secondary N) is 1. The van der Waals surface area contributed by atoms with Crippen LogP contribution in [0.5, 0.6) is 0 Å². The van der Waals surface area contributed by atoms with E-state index in [4.69, 9.17) is 16.7 Å². The van der Waals surface area contributed by atoms with Crippen molar-refractivity contribution in [3.8, 4) is 0 Å². The molecule has 5 nitrogen and oxygen atoms in total. The van der Waals surface area contributed by atoms with Crippen LogP contribution in [-0.4, -0.2) is 26.0 Å². The van der Waals surface area contributed by atoms with E-state index in [1.54, 1.807) is 6.07 Å². The Morgan fingerprint density at radius 2 is 2.11 bits per heavy atom. The lowest BCUT2D eigenvalue weighted by molar-refractivity contribution is -0.137. The molecule has 0 aromatic heterocycles. The van der Waals surface area contributed by atoms with E-state index >= 15 is 0 Å². The van der Waals surface area contributed by atoms with Crippen molar-refractivity contribution in [3.63, 3.8) is 0 Å². The summed E-state index contributed by atoms with van der Waals surface area (Å²) in [6.07, 6.45) is 0.138. The molecular formula is C10H11BrClNO4S. The van der Waals surface area contributed by atoms with Crippen LogP contribution >= 0.6 is 27.5 Å². The van der Waals surface area contributed by atoms with Crippen LogP contribution in [0.25, 0.3) is 0 Å². The molecule has 0 aliphatic rings. The lowest BCUT2D eigenvalue weighted by atomic mass is 10.3. The second kappa shape index (κ2) is 6.51. The Bertz CT molecular complexity index is 547. The molecule has 0 unspecified atom stereocenters. The highest BCUT2D eigenvalue weighted by Crippen LogP contribution is 2.24. The van der Waals surface area contributed by atoms with Crippen LogP contribution in [0.4, 0.5) is 0 Å². The summed E-state index contributed by atoms with van der Waals surface area (Å²) < 4.78 is 26.7. The summed E-state index contributed by atoms with van der Waals surface area (Å²) in [5, 5.41) is 8.54. The van der Waals surface area contributed by atoms with Crippen LogP contribution in [0.3, 0.4) is 0 Å². The van der Waals surface area contributed by atoms with Gasteiger partial charge >= 0.3 is 5.97 Å². The molecule has 0 atom stereocenters. The summed E-state index contributed by atoms with van der Waals surface area (Å²) in [5.74, 6) is -0.962. The van der Waals surface area contributed by atoms with Crippen molar-refractivity contribution in [1.29, 1.82) is 0 Å². The van der Waals surface area contributed by atoms with E-state index in [2.05, 4.69) is 20.7 Å². The van der Waals surface area contributed by atoms with Crippen molar-refractivity contribution >= 4 is 43.5 Å². The fraction of sp³-hybridized carbons (Fsp3) is 0.300. The number of hydrogen-bond donors (Lipinski definition) is 2. The largest absolute Gasteiger partial charge is 0.481 e. The van der Waals surface area contributed by atoms with Gasteiger partial charge in [-0.05, 0) is 24.6 Å². The van der Waals surface area contributed by atoms with Crippen molar-refractivity contribution in [2.24, 2.45) is 0 Å². The maximum absolute atomic E-state index is 11.9. The number of carbonyl (C=O) groups is 1. The van der Waals surface area contributed by atoms with E-state index in [-0.39, 0.29) is 29.3 Å². The molecule has 0 heterocycles. The number of halogens is 2. The van der Waals surface area contributed by atoms with Gasteiger partial charge in [-0.1, -0.05) is 27.5 Å². The van der Waals surface area contributed by atoms with E-state index in [1.807, 2.05) is 0 Å². The number of carboxylic acids is 1. The highest BCUT2D eigenvalue weighted by molar-refractivity contribution is 9.10. The smallest absolute Gasteiger partial charge is 0.303 e. The van der Waals surface area contributed by atoms with Crippen molar-refractivity contribution in [2.45, 2.75) is 17.7 Å². The number of carboxylic acid groups (broad SMARTS) is 1. The Labute approximate surface area is 118 Å². The first-order chi connectivity index (χ1) is 8.33. The van der Waals surface area contributed by atoms with Crippen LogP contribution in [0.1, 0.15) is 12.8 Å². The molecule has 100 valence electrons. The Morgan fingerprint density at radius 1 is 1.44 bits per heavy atom. The lowest BCUT2D eigenvalue weighted by Gasteiger charge is -2.08. The van der Waals surface area contributed by atoms with Gasteiger partial charge in [0.1, 0.15) is 4.90 Å². The number of aliphatic carboxylic acids is 1. The highest BCUT2D eigenvalue weighted by Gasteiger charge is 2.17. The van der Waals surface area contributed by atoms with Gasteiger partial charge in [-0.15, -0.1) is 0 Å². The van der Waals surface area contributed by atoms with Gasteiger partial charge in [-0.3, -0.25) is 4.79 Å². The van der Waals surface area contributed by atoms with Gasteiger partial charge in [0, 0.05) is 17.4 Å². The average Bonchev–Trinajstić information content (AvgIpc) is 2.23. The normalized spacial score (nSPS) is 11.4. The molecule has 0 saturated carbocycles. The Hall–Kier alpha value is -0.630. The predicted octanol–water partition coefficient (Wildman–Crippen LogP) is 2.25. The van der Waals surface area contributed by atoms with E-state index in [0.717, 1.165) is 0 Å². The van der Waals surface area contributed by atoms with E-state index in [1.165, 1.54) is 12.1 Å². The molecule has 1 rings (SSSR count). The summed E-state index contributed by atoms with van der Waals surface area (Å²) in [4.78, 5) is 10.3. The summed E-state index contributed by atoms with van der Waals surface area (Å²) in [6, 6.07) is 4.43. The first-order valence-corrected chi connectivity index (χ1v) is 7.65. The standard InChI is InChI=1S/C10H11BrClNO4S/c11-7-3-4-9(8(12)6-7)18(16,17)13-5-1-2-10(14)15/h3-4,6,13H,1-2,5H2,(H,14,15). The first kappa shape index (κ1) is 15.4. The summed E-state index contributed by atoms with van der Waals surface area (Å²) in [5.41, 5.74) is 0. The van der Waals surface area contributed by atoms with Gasteiger partial charge in [0.15, 0.2) is 0 Å². The second-order valence-electron chi connectivity index (χ2n) is 3.47. The lowest BCUT2D eigenvalue weighted by Crippen LogP contribution is -2.25. The van der Waals surface area contributed by atoms with Gasteiger partial charge in [-0.2, -0.15) is 0 Å². The average molecular weight is 357 g/mol. The molecule has 8 heteroatoms. The van der Waals surface area contributed by atoms with Gasteiger partial charge < -0.3 is 5.11 Å². The molecule has 18 heavy (non-hydrogen) atoms. The number of sulfonamides is 1. The topological polar surface area (TPSA) is 83.5 Å². The molecule has 0 saturated heterocycles. The minimum atomic E-state index is -3.70. The molecule has 0 aliphatic heterocycles. The molecule has 0 aliphatic carbocycles. The number of rotatable bonds is 6. The van der Waals surface area contributed by atoms with Crippen molar-refractivity contribution in [1.82, 2.24) is 4.72 Å². The summed E-state index contributed by atoms with van der Waals surface area (Å²) in [7, 11) is -3.70. The van der Waals surface area contributed by atoms with Crippen LogP contribution in [0.15, 0.2) is 27.6 Å². The van der Waals surface area contributed by atoms with E-state index in [9.17, 15) is 13.2 Å². The third kappa shape index (κ3) is 4.56. The fourth-order valence-electron chi connectivity index (χ4n) is 1.22. The molecule has 0 fully saturated rings. The molecule has 0 bridgehead atoms. The van der Waals surface area contributed by atoms with Crippen molar-refractivity contribution < 1.29 is 18.3 Å².